The Morgan fingerprint density at radius 3 is 2.54 bits per heavy atom. The molecule has 9 nitrogen and oxygen atoms in total. The monoisotopic (exact) mass is 496 g/mol. The van der Waals surface area contributed by atoms with Crippen LogP contribution in [-0.4, -0.2) is 33.0 Å². The molecule has 1 saturated carbocycles. The van der Waals surface area contributed by atoms with Gasteiger partial charge in [0.15, 0.2) is 0 Å². The zero-order valence-electron chi connectivity index (χ0n) is 20.9. The van der Waals surface area contributed by atoms with E-state index in [1.165, 1.54) is 19.3 Å². The van der Waals surface area contributed by atoms with E-state index < -0.39 is 6.04 Å². The first kappa shape index (κ1) is 25.7. The Hall–Kier alpha value is -4.37. The summed E-state index contributed by atoms with van der Waals surface area (Å²) in [6.07, 6.45) is 10.8. The highest BCUT2D eigenvalue weighted by atomic mass is 16.2. The maximum Gasteiger partial charge on any atom is 0.242 e. The minimum Gasteiger partial charge on any atom is -0.358 e. The number of benzene rings is 1. The van der Waals surface area contributed by atoms with Crippen LogP contribution in [0.2, 0.25) is 0 Å². The minimum absolute atomic E-state index is 0.0879. The van der Waals surface area contributed by atoms with E-state index >= 15 is 0 Å². The number of amides is 1. The number of anilines is 2. The minimum atomic E-state index is -0.458. The summed E-state index contributed by atoms with van der Waals surface area (Å²) < 4.78 is 1.88. The van der Waals surface area contributed by atoms with Gasteiger partial charge >= 0.3 is 0 Å². The van der Waals surface area contributed by atoms with Gasteiger partial charge in [0.25, 0.3) is 0 Å². The number of nitriles is 2. The van der Waals surface area contributed by atoms with Crippen molar-refractivity contribution in [2.24, 2.45) is 5.92 Å². The lowest BCUT2D eigenvalue weighted by Crippen LogP contribution is -2.41. The molecule has 1 fully saturated rings. The van der Waals surface area contributed by atoms with Crippen molar-refractivity contribution in [2.45, 2.75) is 57.5 Å². The Balaban J connectivity index is 1.53. The van der Waals surface area contributed by atoms with Crippen molar-refractivity contribution >= 4 is 17.7 Å². The SMILES string of the molecule is N#CCCNc1nc(N[C@H](CC2CCCCC2)C(=O)NCc2ccc(C#N)cc2)cc(-n2cccc2)n1. The highest BCUT2D eigenvalue weighted by molar-refractivity contribution is 5.84. The van der Waals surface area contributed by atoms with E-state index in [9.17, 15) is 4.79 Å². The Morgan fingerprint density at radius 2 is 1.84 bits per heavy atom. The van der Waals surface area contributed by atoms with Gasteiger partial charge in [-0.2, -0.15) is 20.5 Å². The molecule has 1 aliphatic rings. The van der Waals surface area contributed by atoms with Crippen molar-refractivity contribution in [3.63, 3.8) is 0 Å². The number of nitrogens with one attached hydrogen (secondary N) is 3. The van der Waals surface area contributed by atoms with Crippen molar-refractivity contribution in [2.75, 3.05) is 17.2 Å². The Kier molecular flexibility index (Phi) is 9.09. The predicted molar refractivity (Wildman–Crippen MR) is 142 cm³/mol. The van der Waals surface area contributed by atoms with Gasteiger partial charge in [-0.05, 0) is 42.2 Å². The van der Waals surface area contributed by atoms with E-state index in [-0.39, 0.29) is 5.91 Å². The van der Waals surface area contributed by atoms with Crippen molar-refractivity contribution in [1.82, 2.24) is 19.9 Å². The van der Waals surface area contributed by atoms with E-state index in [0.29, 0.717) is 48.6 Å². The molecule has 37 heavy (non-hydrogen) atoms. The number of rotatable bonds is 11. The molecule has 2 heterocycles. The number of carbonyl (C=O) groups is 1. The third kappa shape index (κ3) is 7.55. The molecule has 1 aliphatic carbocycles. The Labute approximate surface area is 217 Å². The van der Waals surface area contributed by atoms with Gasteiger partial charge in [-0.15, -0.1) is 0 Å². The van der Waals surface area contributed by atoms with E-state index in [4.69, 9.17) is 10.5 Å². The van der Waals surface area contributed by atoms with Crippen LogP contribution in [-0.2, 0) is 11.3 Å². The molecule has 0 spiro atoms. The number of hydrogen-bond acceptors (Lipinski definition) is 7. The van der Waals surface area contributed by atoms with Crippen LogP contribution in [0.4, 0.5) is 11.8 Å². The first-order valence-corrected chi connectivity index (χ1v) is 12.8. The summed E-state index contributed by atoms with van der Waals surface area (Å²) in [6, 6.07) is 16.7. The zero-order chi connectivity index (χ0) is 25.9. The Morgan fingerprint density at radius 1 is 1.08 bits per heavy atom. The smallest absolute Gasteiger partial charge is 0.242 e. The molecule has 0 bridgehead atoms. The summed E-state index contributed by atoms with van der Waals surface area (Å²) in [5, 5.41) is 27.5. The van der Waals surface area contributed by atoms with E-state index in [2.05, 4.69) is 38.1 Å². The van der Waals surface area contributed by atoms with Gasteiger partial charge in [-0.25, -0.2) is 0 Å². The summed E-state index contributed by atoms with van der Waals surface area (Å²) in [5.41, 5.74) is 1.53. The molecule has 0 unspecified atom stereocenters. The van der Waals surface area contributed by atoms with Crippen molar-refractivity contribution in [1.29, 1.82) is 10.5 Å². The quantitative estimate of drug-likeness (QED) is 0.332. The predicted octanol–water partition coefficient (Wildman–Crippen LogP) is 4.53. The summed E-state index contributed by atoms with van der Waals surface area (Å²) >= 11 is 0. The summed E-state index contributed by atoms with van der Waals surface area (Å²) in [4.78, 5) is 22.6. The molecular weight excluding hydrogens is 464 g/mol. The van der Waals surface area contributed by atoms with Crippen molar-refractivity contribution in [3.05, 3.63) is 66.0 Å². The topological polar surface area (TPSA) is 131 Å². The fourth-order valence-electron chi connectivity index (χ4n) is 4.61. The standard InChI is InChI=1S/C28H32N8O/c29-13-6-14-31-28-34-25(18-26(35-28)36-15-4-5-16-36)33-24(17-21-7-2-1-3-8-21)27(37)32-20-23-11-9-22(19-30)10-12-23/h4-5,9-12,15-16,18,21,24H,1-3,6-8,14,17,20H2,(H,32,37)(H2,31,33,34,35)/t24-/m1/s1. The van der Waals surface area contributed by atoms with Gasteiger partial charge < -0.3 is 20.5 Å². The highest BCUT2D eigenvalue weighted by Crippen LogP contribution is 2.28. The third-order valence-corrected chi connectivity index (χ3v) is 6.58. The van der Waals surface area contributed by atoms with Crippen LogP contribution in [0.5, 0.6) is 0 Å². The number of aromatic nitrogens is 3. The van der Waals surface area contributed by atoms with Gasteiger partial charge in [-0.1, -0.05) is 44.2 Å². The molecule has 3 N–H and O–H groups in total. The molecule has 190 valence electrons. The lowest BCUT2D eigenvalue weighted by atomic mass is 9.84. The maximum atomic E-state index is 13.4. The van der Waals surface area contributed by atoms with E-state index in [1.54, 1.807) is 12.1 Å². The molecule has 1 atom stereocenters. The molecule has 9 heteroatoms. The van der Waals surface area contributed by atoms with Crippen LogP contribution in [0.3, 0.4) is 0 Å². The van der Waals surface area contributed by atoms with Crippen LogP contribution < -0.4 is 16.0 Å². The Bertz CT molecular complexity index is 1230. The highest BCUT2D eigenvalue weighted by Gasteiger charge is 2.25. The van der Waals surface area contributed by atoms with Crippen molar-refractivity contribution < 1.29 is 4.79 Å². The number of hydrogen-bond donors (Lipinski definition) is 3. The van der Waals surface area contributed by atoms with Crippen LogP contribution >= 0.6 is 0 Å². The van der Waals surface area contributed by atoms with Crippen LogP contribution in [0.15, 0.2) is 54.9 Å². The second kappa shape index (κ2) is 13.1. The second-order valence-electron chi connectivity index (χ2n) is 9.32. The zero-order valence-corrected chi connectivity index (χ0v) is 20.9. The van der Waals surface area contributed by atoms with Crippen LogP contribution in [0, 0.1) is 28.6 Å². The normalized spacial score (nSPS) is 14.2. The van der Waals surface area contributed by atoms with Gasteiger partial charge in [0.1, 0.15) is 17.7 Å². The lowest BCUT2D eigenvalue weighted by molar-refractivity contribution is -0.122. The largest absolute Gasteiger partial charge is 0.358 e. The first-order valence-electron chi connectivity index (χ1n) is 12.8. The molecular formula is C28H32N8O. The number of nitrogens with zero attached hydrogens (tertiary/aromatic N) is 5. The fourth-order valence-corrected chi connectivity index (χ4v) is 4.61. The molecule has 4 rings (SSSR count). The molecule has 2 aromatic heterocycles. The van der Waals surface area contributed by atoms with Gasteiger partial charge in [-0.3, -0.25) is 4.79 Å². The molecule has 0 aliphatic heterocycles. The second-order valence-corrected chi connectivity index (χ2v) is 9.32. The molecule has 1 aromatic carbocycles. The van der Waals surface area contributed by atoms with Gasteiger partial charge in [0, 0.05) is 31.5 Å². The van der Waals surface area contributed by atoms with Gasteiger partial charge in [0.05, 0.1) is 24.1 Å². The molecule has 1 amide bonds. The first-order chi connectivity index (χ1) is 18.1. The lowest BCUT2D eigenvalue weighted by Gasteiger charge is -2.27. The molecule has 3 aromatic rings. The van der Waals surface area contributed by atoms with Crippen molar-refractivity contribution in [3.8, 4) is 18.0 Å². The average Bonchev–Trinajstić information content (AvgIpc) is 3.48. The fraction of sp³-hybridized carbons (Fsp3) is 0.393. The third-order valence-electron chi connectivity index (χ3n) is 6.58. The van der Waals surface area contributed by atoms with E-state index in [1.807, 2.05) is 47.3 Å². The van der Waals surface area contributed by atoms with Gasteiger partial charge in [0.2, 0.25) is 11.9 Å². The van der Waals surface area contributed by atoms with E-state index in [0.717, 1.165) is 24.8 Å². The number of carbonyl (C=O) groups excluding carboxylic acids is 1. The molecule has 0 saturated heterocycles. The van der Waals surface area contributed by atoms with Crippen LogP contribution in [0.1, 0.15) is 56.1 Å². The molecule has 0 radical (unpaired) electrons. The maximum absolute atomic E-state index is 13.4. The summed E-state index contributed by atoms with van der Waals surface area (Å²) in [6.45, 7) is 0.814. The summed E-state index contributed by atoms with van der Waals surface area (Å²) in [5.74, 6) is 2.00. The summed E-state index contributed by atoms with van der Waals surface area (Å²) in [7, 11) is 0. The average molecular weight is 497 g/mol. The van der Waals surface area contributed by atoms with Crippen LogP contribution in [0.25, 0.3) is 5.82 Å².